The number of aromatic nitrogens is 1. The van der Waals surface area contributed by atoms with Crippen LogP contribution in [0.25, 0.3) is 0 Å². The summed E-state index contributed by atoms with van der Waals surface area (Å²) in [5.74, 6) is -0.742. The zero-order chi connectivity index (χ0) is 21.8. The van der Waals surface area contributed by atoms with Gasteiger partial charge in [-0.15, -0.1) is 0 Å². The topological polar surface area (TPSA) is 88.6 Å². The van der Waals surface area contributed by atoms with Crippen LogP contribution in [0.15, 0.2) is 53.7 Å². The number of nitrogens with zero attached hydrogens (tertiary/aromatic N) is 2. The first-order valence-corrected chi connectivity index (χ1v) is 10.6. The summed E-state index contributed by atoms with van der Waals surface area (Å²) in [5.41, 5.74) is 0.310. The van der Waals surface area contributed by atoms with E-state index < -0.39 is 28.7 Å². The van der Waals surface area contributed by atoms with Crippen LogP contribution in [-0.4, -0.2) is 49.5 Å². The van der Waals surface area contributed by atoms with Crippen LogP contribution in [0.2, 0.25) is 0 Å². The molecular formula is C19H20F3N3O4S. The zero-order valence-corrected chi connectivity index (χ0v) is 16.6. The number of amides is 1. The molecule has 30 heavy (non-hydrogen) atoms. The summed E-state index contributed by atoms with van der Waals surface area (Å²) in [5, 5.41) is 2.66. The number of ether oxygens (including phenoxy) is 1. The van der Waals surface area contributed by atoms with E-state index in [1.807, 2.05) is 0 Å². The van der Waals surface area contributed by atoms with E-state index in [0.29, 0.717) is 18.5 Å². The molecule has 1 fully saturated rings. The number of sulfonamides is 1. The maximum absolute atomic E-state index is 12.6. The molecule has 1 aromatic heterocycles. The maximum atomic E-state index is 12.6. The molecule has 1 aromatic carbocycles. The number of alkyl halides is 3. The van der Waals surface area contributed by atoms with Crippen molar-refractivity contribution < 1.29 is 31.1 Å². The van der Waals surface area contributed by atoms with E-state index in [2.05, 4.69) is 15.0 Å². The number of anilines is 1. The van der Waals surface area contributed by atoms with Gasteiger partial charge in [-0.05, 0) is 37.1 Å². The Morgan fingerprint density at radius 1 is 1.20 bits per heavy atom. The minimum absolute atomic E-state index is 0.0116. The van der Waals surface area contributed by atoms with Gasteiger partial charge >= 0.3 is 6.18 Å². The number of halogens is 3. The largest absolute Gasteiger partial charge is 0.484 e. The van der Waals surface area contributed by atoms with Crippen LogP contribution in [0.5, 0.6) is 5.75 Å². The van der Waals surface area contributed by atoms with E-state index in [1.165, 1.54) is 41.0 Å². The second-order valence-corrected chi connectivity index (χ2v) is 8.73. The number of benzene rings is 1. The van der Waals surface area contributed by atoms with E-state index in [4.69, 9.17) is 0 Å². The van der Waals surface area contributed by atoms with Crippen molar-refractivity contribution in [3.63, 3.8) is 0 Å². The lowest BCUT2D eigenvalue weighted by molar-refractivity contribution is -0.153. The van der Waals surface area contributed by atoms with E-state index >= 15 is 0 Å². The van der Waals surface area contributed by atoms with Crippen molar-refractivity contribution in [1.29, 1.82) is 0 Å². The Balaban J connectivity index is 1.56. The first-order chi connectivity index (χ1) is 14.1. The number of piperidine rings is 1. The summed E-state index contributed by atoms with van der Waals surface area (Å²) in [4.78, 5) is 16.4. The molecular weight excluding hydrogens is 423 g/mol. The van der Waals surface area contributed by atoms with Crippen molar-refractivity contribution in [3.8, 4) is 5.75 Å². The molecule has 3 rings (SSSR count). The summed E-state index contributed by atoms with van der Waals surface area (Å²) >= 11 is 0. The zero-order valence-electron chi connectivity index (χ0n) is 15.8. The standard InChI is InChI=1S/C19H20F3N3O4S/c20-19(21,22)13-29-16-4-1-3-15(11-16)24-18(26)14-6-9-25(10-7-14)30(27,28)17-5-2-8-23-12-17/h1-5,8,11-12,14H,6-7,9-10,13H2,(H,24,26). The molecule has 0 saturated carbocycles. The van der Waals surface area contributed by atoms with E-state index in [1.54, 1.807) is 12.1 Å². The first-order valence-electron chi connectivity index (χ1n) is 9.16. The fourth-order valence-corrected chi connectivity index (χ4v) is 4.51. The predicted molar refractivity (Wildman–Crippen MR) is 102 cm³/mol. The summed E-state index contributed by atoms with van der Waals surface area (Å²) in [6.45, 7) is -1.05. The van der Waals surface area contributed by atoms with E-state index in [9.17, 15) is 26.4 Å². The molecule has 1 aliphatic rings. The van der Waals surface area contributed by atoms with Gasteiger partial charge in [0.2, 0.25) is 15.9 Å². The lowest BCUT2D eigenvalue weighted by atomic mass is 9.97. The Bertz CT molecular complexity index is 976. The molecule has 7 nitrogen and oxygen atoms in total. The van der Waals surface area contributed by atoms with Gasteiger partial charge in [0, 0.05) is 43.2 Å². The summed E-state index contributed by atoms with van der Waals surface area (Å²) < 4.78 is 68.0. The molecule has 0 spiro atoms. The highest BCUT2D eigenvalue weighted by Crippen LogP contribution is 2.26. The molecule has 11 heteroatoms. The lowest BCUT2D eigenvalue weighted by Crippen LogP contribution is -2.41. The van der Waals surface area contributed by atoms with Crippen molar-refractivity contribution in [2.45, 2.75) is 23.9 Å². The Hall–Kier alpha value is -2.66. The number of hydrogen-bond donors (Lipinski definition) is 1. The monoisotopic (exact) mass is 443 g/mol. The minimum Gasteiger partial charge on any atom is -0.484 e. The van der Waals surface area contributed by atoms with Crippen LogP contribution < -0.4 is 10.1 Å². The highest BCUT2D eigenvalue weighted by atomic mass is 32.2. The number of hydrogen-bond acceptors (Lipinski definition) is 5. The Morgan fingerprint density at radius 2 is 1.93 bits per heavy atom. The molecule has 2 aromatic rings. The number of nitrogens with one attached hydrogen (secondary N) is 1. The molecule has 162 valence electrons. The van der Waals surface area contributed by atoms with Gasteiger partial charge in [0.05, 0.1) is 0 Å². The highest BCUT2D eigenvalue weighted by Gasteiger charge is 2.32. The number of rotatable bonds is 6. The number of pyridine rings is 1. The van der Waals surface area contributed by atoms with Crippen LogP contribution in [0, 0.1) is 5.92 Å². The van der Waals surface area contributed by atoms with Crippen molar-refractivity contribution in [1.82, 2.24) is 9.29 Å². The lowest BCUT2D eigenvalue weighted by Gasteiger charge is -2.30. The second kappa shape index (κ2) is 9.00. The first kappa shape index (κ1) is 22.0. The molecule has 2 heterocycles. The Labute approximate surface area is 171 Å². The Kier molecular flexibility index (Phi) is 6.61. The summed E-state index contributed by atoms with van der Waals surface area (Å²) in [6.07, 6.45) is -1.03. The summed E-state index contributed by atoms with van der Waals surface area (Å²) in [7, 11) is -3.66. The van der Waals surface area contributed by atoms with Crippen LogP contribution >= 0.6 is 0 Å². The van der Waals surface area contributed by atoms with Crippen LogP contribution in [0.3, 0.4) is 0 Å². The van der Waals surface area contributed by atoms with Crippen molar-refractivity contribution in [3.05, 3.63) is 48.8 Å². The predicted octanol–water partition coefficient (Wildman–Crippen LogP) is 3.06. The molecule has 1 N–H and O–H groups in total. The third-order valence-electron chi connectivity index (χ3n) is 4.60. The second-order valence-electron chi connectivity index (χ2n) is 6.79. The third kappa shape index (κ3) is 5.70. The van der Waals surface area contributed by atoms with E-state index in [-0.39, 0.29) is 29.6 Å². The molecule has 1 aliphatic heterocycles. The van der Waals surface area contributed by atoms with Crippen LogP contribution in [0.1, 0.15) is 12.8 Å². The smallest absolute Gasteiger partial charge is 0.422 e. The molecule has 0 unspecified atom stereocenters. The highest BCUT2D eigenvalue weighted by molar-refractivity contribution is 7.89. The normalized spacial score (nSPS) is 16.2. The van der Waals surface area contributed by atoms with Gasteiger partial charge < -0.3 is 10.1 Å². The van der Waals surface area contributed by atoms with Crippen molar-refractivity contribution in [2.75, 3.05) is 25.0 Å². The van der Waals surface area contributed by atoms with Gasteiger partial charge in [0.1, 0.15) is 10.6 Å². The maximum Gasteiger partial charge on any atom is 0.422 e. The molecule has 0 atom stereocenters. The van der Waals surface area contributed by atoms with Gasteiger partial charge in [0.25, 0.3) is 0 Å². The SMILES string of the molecule is O=C(Nc1cccc(OCC(F)(F)F)c1)C1CCN(S(=O)(=O)c2cccnc2)CC1. The minimum atomic E-state index is -4.45. The summed E-state index contributed by atoms with van der Waals surface area (Å²) in [6, 6.07) is 8.70. The van der Waals surface area contributed by atoms with Gasteiger partial charge in [0.15, 0.2) is 6.61 Å². The number of carbonyl (C=O) groups is 1. The molecule has 0 bridgehead atoms. The molecule has 1 saturated heterocycles. The fraction of sp³-hybridized carbons (Fsp3) is 0.368. The quantitative estimate of drug-likeness (QED) is 0.741. The van der Waals surface area contributed by atoms with Crippen molar-refractivity contribution in [2.24, 2.45) is 5.92 Å². The molecule has 0 radical (unpaired) electrons. The van der Waals surface area contributed by atoms with Crippen LogP contribution in [-0.2, 0) is 14.8 Å². The average molecular weight is 443 g/mol. The van der Waals surface area contributed by atoms with Gasteiger partial charge in [-0.25, -0.2) is 8.42 Å². The van der Waals surface area contributed by atoms with Crippen LogP contribution in [0.4, 0.5) is 18.9 Å². The molecule has 0 aliphatic carbocycles. The van der Waals surface area contributed by atoms with Crippen molar-refractivity contribution >= 4 is 21.6 Å². The Morgan fingerprint density at radius 3 is 2.57 bits per heavy atom. The molecule has 1 amide bonds. The number of carbonyl (C=O) groups excluding carboxylic acids is 1. The van der Waals surface area contributed by atoms with E-state index in [0.717, 1.165) is 0 Å². The fourth-order valence-electron chi connectivity index (χ4n) is 3.08. The van der Waals surface area contributed by atoms with Gasteiger partial charge in [-0.1, -0.05) is 6.07 Å². The van der Waals surface area contributed by atoms with Gasteiger partial charge in [-0.2, -0.15) is 17.5 Å². The average Bonchev–Trinajstić information content (AvgIpc) is 2.73. The third-order valence-corrected chi connectivity index (χ3v) is 6.48. The van der Waals surface area contributed by atoms with Gasteiger partial charge in [-0.3, -0.25) is 9.78 Å².